The van der Waals surface area contributed by atoms with Gasteiger partial charge in [-0.3, -0.25) is 0 Å². The molecule has 0 N–H and O–H groups in total. The number of aromatic nitrogens is 3. The van der Waals surface area contributed by atoms with Gasteiger partial charge in [-0.15, -0.1) is 11.3 Å². The quantitative estimate of drug-likeness (QED) is 0.164. The van der Waals surface area contributed by atoms with Crippen molar-refractivity contribution in [2.45, 2.75) is 0 Å². The topological polar surface area (TPSA) is 14.8 Å². The molecule has 10 aromatic carbocycles. The second-order valence-electron chi connectivity index (χ2n) is 16.9. The Morgan fingerprint density at radius 3 is 1.39 bits per heavy atom. The summed E-state index contributed by atoms with van der Waals surface area (Å²) < 4.78 is 9.97. The van der Waals surface area contributed by atoms with Crippen molar-refractivity contribution in [3.05, 3.63) is 224 Å². The Bertz CT molecular complexity index is 4130. The van der Waals surface area contributed by atoms with E-state index in [0.29, 0.717) is 0 Å². The molecule has 14 rings (SSSR count). The minimum Gasteiger partial charge on any atom is -0.309 e. The molecule has 14 aromatic rings. The highest BCUT2D eigenvalue weighted by atomic mass is 32.1. The van der Waals surface area contributed by atoms with Crippen molar-refractivity contribution in [3.8, 4) is 39.3 Å². The van der Waals surface area contributed by atoms with E-state index < -0.39 is 0 Å². The number of para-hydroxylation sites is 4. The van der Waals surface area contributed by atoms with E-state index in [2.05, 4.69) is 238 Å². The van der Waals surface area contributed by atoms with Gasteiger partial charge in [0.2, 0.25) is 0 Å². The van der Waals surface area contributed by atoms with Crippen molar-refractivity contribution in [2.75, 3.05) is 0 Å². The molecule has 4 heteroatoms. The molecule has 4 heterocycles. The lowest BCUT2D eigenvalue weighted by Gasteiger charge is -2.14. The Balaban J connectivity index is 0.990. The van der Waals surface area contributed by atoms with E-state index in [1.54, 1.807) is 0 Å². The van der Waals surface area contributed by atoms with Gasteiger partial charge < -0.3 is 13.7 Å². The van der Waals surface area contributed by atoms with Crippen LogP contribution in [0.3, 0.4) is 0 Å². The summed E-state index contributed by atoms with van der Waals surface area (Å²) in [6.07, 6.45) is 0. The first-order chi connectivity index (χ1) is 31.8. The van der Waals surface area contributed by atoms with Crippen LogP contribution in [0.25, 0.3) is 125 Å². The van der Waals surface area contributed by atoms with E-state index in [1.165, 1.54) is 114 Å². The number of rotatable bonds is 5. The van der Waals surface area contributed by atoms with Crippen molar-refractivity contribution in [1.29, 1.82) is 0 Å². The highest BCUT2D eigenvalue weighted by molar-refractivity contribution is 7.26. The molecule has 0 aliphatic carbocycles. The Morgan fingerprint density at radius 2 is 0.734 bits per heavy atom. The molecule has 4 aromatic heterocycles. The lowest BCUT2D eigenvalue weighted by Crippen LogP contribution is -1.98. The molecular formula is C60H37N3S. The zero-order chi connectivity index (χ0) is 41.9. The van der Waals surface area contributed by atoms with Crippen LogP contribution in [0, 0.1) is 0 Å². The molecule has 3 nitrogen and oxygen atoms in total. The normalized spacial score (nSPS) is 12.1. The molecule has 0 unspecified atom stereocenters. The summed E-state index contributed by atoms with van der Waals surface area (Å²) in [7, 11) is 0. The predicted octanol–water partition coefficient (Wildman–Crippen LogP) is 16.7. The molecule has 0 saturated carbocycles. The zero-order valence-electron chi connectivity index (χ0n) is 34.6. The molecule has 298 valence electrons. The number of thiophene rings is 1. The minimum atomic E-state index is 1.13. The summed E-state index contributed by atoms with van der Waals surface area (Å²) in [4.78, 5) is 0. The Labute approximate surface area is 372 Å². The molecule has 0 fully saturated rings. The fourth-order valence-electron chi connectivity index (χ4n) is 10.7. The smallest absolute Gasteiger partial charge is 0.0562 e. The SMILES string of the molecule is c1ccc(-c2ccc(-c3cccc4sc5cccc(-n6c7ccccc7c7ccc(-n8c9ccccc9c9cc(-n%10c%11ccccc%11c%11ccccc%11%10)ccc98)cc76)c5c34)cc2)cc1. The van der Waals surface area contributed by atoms with E-state index in [1.807, 2.05) is 11.3 Å². The molecule has 64 heavy (non-hydrogen) atoms. The molecule has 0 spiro atoms. The van der Waals surface area contributed by atoms with Crippen LogP contribution in [-0.4, -0.2) is 13.7 Å². The van der Waals surface area contributed by atoms with E-state index in [4.69, 9.17) is 0 Å². The van der Waals surface area contributed by atoms with Gasteiger partial charge in [0.15, 0.2) is 0 Å². The van der Waals surface area contributed by atoms with E-state index in [0.717, 1.165) is 11.4 Å². The fourth-order valence-corrected chi connectivity index (χ4v) is 11.8. The molecular weight excluding hydrogens is 795 g/mol. The third-order valence-corrected chi connectivity index (χ3v) is 14.6. The van der Waals surface area contributed by atoms with Crippen LogP contribution in [0.1, 0.15) is 0 Å². The first-order valence-corrected chi connectivity index (χ1v) is 22.7. The molecule has 0 saturated heterocycles. The predicted molar refractivity (Wildman–Crippen MR) is 273 cm³/mol. The summed E-state index contributed by atoms with van der Waals surface area (Å²) in [5.41, 5.74) is 15.6. The van der Waals surface area contributed by atoms with Gasteiger partial charge in [0, 0.05) is 63.9 Å². The highest BCUT2D eigenvalue weighted by Gasteiger charge is 2.21. The second kappa shape index (κ2) is 13.7. The van der Waals surface area contributed by atoms with Crippen LogP contribution in [0.5, 0.6) is 0 Å². The molecule has 0 aliphatic rings. The Morgan fingerprint density at radius 1 is 0.266 bits per heavy atom. The average Bonchev–Trinajstić information content (AvgIpc) is 4.10. The largest absolute Gasteiger partial charge is 0.309 e. The van der Waals surface area contributed by atoms with Gasteiger partial charge in [-0.05, 0) is 95.1 Å². The van der Waals surface area contributed by atoms with Gasteiger partial charge in [-0.2, -0.15) is 0 Å². The van der Waals surface area contributed by atoms with Crippen molar-refractivity contribution in [1.82, 2.24) is 13.7 Å². The lowest BCUT2D eigenvalue weighted by molar-refractivity contribution is 1.16. The van der Waals surface area contributed by atoms with Gasteiger partial charge in [-0.1, -0.05) is 152 Å². The van der Waals surface area contributed by atoms with Gasteiger partial charge in [-0.25, -0.2) is 0 Å². The van der Waals surface area contributed by atoms with Crippen molar-refractivity contribution in [3.63, 3.8) is 0 Å². The number of hydrogen-bond acceptors (Lipinski definition) is 1. The van der Waals surface area contributed by atoms with Gasteiger partial charge in [0.1, 0.15) is 0 Å². The number of nitrogens with zero attached hydrogens (tertiary/aromatic N) is 3. The number of fused-ring (bicyclic) bond motifs is 12. The first kappa shape index (κ1) is 35.4. The summed E-state index contributed by atoms with van der Waals surface area (Å²) in [6.45, 7) is 0. The van der Waals surface area contributed by atoms with E-state index in [-0.39, 0.29) is 0 Å². The monoisotopic (exact) mass is 831 g/mol. The summed E-state index contributed by atoms with van der Waals surface area (Å²) >= 11 is 1.88. The van der Waals surface area contributed by atoms with Gasteiger partial charge in [0.25, 0.3) is 0 Å². The van der Waals surface area contributed by atoms with Crippen LogP contribution in [0.15, 0.2) is 224 Å². The molecule has 0 radical (unpaired) electrons. The second-order valence-corrected chi connectivity index (χ2v) is 17.9. The van der Waals surface area contributed by atoms with E-state index in [9.17, 15) is 0 Å². The zero-order valence-corrected chi connectivity index (χ0v) is 35.4. The van der Waals surface area contributed by atoms with Crippen LogP contribution in [0.2, 0.25) is 0 Å². The Hall–Kier alpha value is -8.18. The van der Waals surface area contributed by atoms with Crippen molar-refractivity contribution < 1.29 is 0 Å². The molecule has 0 bridgehead atoms. The maximum absolute atomic E-state index is 2.52. The van der Waals surface area contributed by atoms with Crippen LogP contribution in [-0.2, 0) is 0 Å². The van der Waals surface area contributed by atoms with Gasteiger partial charge in [0.05, 0.1) is 38.8 Å². The molecule has 0 atom stereocenters. The maximum atomic E-state index is 2.52. The van der Waals surface area contributed by atoms with Crippen LogP contribution >= 0.6 is 11.3 Å². The van der Waals surface area contributed by atoms with Crippen LogP contribution < -0.4 is 0 Å². The fraction of sp³-hybridized carbons (Fsp3) is 0. The lowest BCUT2D eigenvalue weighted by atomic mass is 9.96. The third kappa shape index (κ3) is 5.09. The number of benzene rings is 10. The Kier molecular flexibility index (Phi) is 7.56. The molecule has 0 amide bonds. The maximum Gasteiger partial charge on any atom is 0.0562 e. The van der Waals surface area contributed by atoms with Crippen molar-refractivity contribution in [2.24, 2.45) is 0 Å². The summed E-state index contributed by atoms with van der Waals surface area (Å²) in [5, 5.41) is 10.1. The highest BCUT2D eigenvalue weighted by Crippen LogP contribution is 2.46. The average molecular weight is 832 g/mol. The van der Waals surface area contributed by atoms with E-state index >= 15 is 0 Å². The minimum absolute atomic E-state index is 1.13. The van der Waals surface area contributed by atoms with Gasteiger partial charge >= 0.3 is 0 Å². The molecule has 0 aliphatic heterocycles. The summed E-state index contributed by atoms with van der Waals surface area (Å²) in [6, 6.07) is 82.7. The third-order valence-electron chi connectivity index (χ3n) is 13.5. The number of hydrogen-bond donors (Lipinski definition) is 0. The first-order valence-electron chi connectivity index (χ1n) is 21.9. The summed E-state index contributed by atoms with van der Waals surface area (Å²) in [5.74, 6) is 0. The van der Waals surface area contributed by atoms with Crippen molar-refractivity contribution >= 4 is 96.9 Å². The standard InChI is InChI=1S/C60H37N3S/c1-2-14-38(15-3-1)39-28-30-40(31-29-39)43-20-12-26-57-59(43)60-55(25-13-27-58(60)64-57)63-53-24-11-6-18-46(53)48-34-32-42(37-56(48)63)62-52-23-10-7-19-47(52)49-36-41(33-35-54(49)62)61-50-21-8-4-16-44(50)45-17-5-9-22-51(45)61/h1-37H. The van der Waals surface area contributed by atoms with Crippen LogP contribution in [0.4, 0.5) is 0 Å².